The predicted octanol–water partition coefficient (Wildman–Crippen LogP) is 1.35. The summed E-state index contributed by atoms with van der Waals surface area (Å²) in [5, 5.41) is 18.2. The van der Waals surface area contributed by atoms with E-state index >= 15 is 0 Å². The van der Waals surface area contributed by atoms with Crippen LogP contribution < -0.4 is 0 Å². The molecule has 3 heteroatoms. The molecule has 0 aliphatic rings. The number of unbranched alkanes of at least 4 members (excludes halogenated alkanes) is 1. The zero-order valence-corrected chi connectivity index (χ0v) is 9.04. The maximum atomic E-state index is 9.12. The molecule has 2 N–H and O–H groups in total. The van der Waals surface area contributed by atoms with E-state index in [0.29, 0.717) is 13.2 Å². The van der Waals surface area contributed by atoms with Crippen LogP contribution in [0.2, 0.25) is 0 Å². The van der Waals surface area contributed by atoms with Crippen molar-refractivity contribution >= 4 is 0 Å². The number of rotatable bonds is 9. The Bertz CT molecular complexity index is 133. The molecule has 3 nitrogen and oxygen atoms in total. The van der Waals surface area contributed by atoms with Crippen LogP contribution >= 0.6 is 0 Å². The van der Waals surface area contributed by atoms with Crippen LogP contribution in [0.4, 0.5) is 0 Å². The third-order valence-electron chi connectivity index (χ3n) is 2.53. The van der Waals surface area contributed by atoms with Crippen molar-refractivity contribution in [2.75, 3.05) is 26.4 Å². The van der Waals surface area contributed by atoms with Crippen molar-refractivity contribution in [3.63, 3.8) is 0 Å². The van der Waals surface area contributed by atoms with Gasteiger partial charge in [-0.3, -0.25) is 0 Å². The van der Waals surface area contributed by atoms with E-state index in [0.717, 1.165) is 19.3 Å². The van der Waals surface area contributed by atoms with Gasteiger partial charge in [0.2, 0.25) is 0 Å². The number of aliphatic hydroxyl groups excluding tert-OH is 2. The molecule has 0 spiro atoms. The molecule has 14 heavy (non-hydrogen) atoms. The zero-order valence-electron chi connectivity index (χ0n) is 9.04. The highest BCUT2D eigenvalue weighted by Gasteiger charge is 2.26. The minimum Gasteiger partial charge on any atom is -0.396 e. The Kier molecular flexibility index (Phi) is 7.76. The summed E-state index contributed by atoms with van der Waals surface area (Å²) in [6.07, 6.45) is 4.47. The van der Waals surface area contributed by atoms with Gasteiger partial charge in [-0.2, -0.15) is 0 Å². The molecule has 0 saturated heterocycles. The molecular weight excluding hydrogens is 180 g/mol. The van der Waals surface area contributed by atoms with Crippen molar-refractivity contribution in [2.45, 2.75) is 26.2 Å². The highest BCUT2D eigenvalue weighted by molar-refractivity contribution is 4.75. The van der Waals surface area contributed by atoms with E-state index < -0.39 is 5.41 Å². The molecule has 0 fully saturated rings. The van der Waals surface area contributed by atoms with Gasteiger partial charge in [-0.15, -0.1) is 6.58 Å². The van der Waals surface area contributed by atoms with Gasteiger partial charge in [0.15, 0.2) is 0 Å². The largest absolute Gasteiger partial charge is 0.396 e. The number of hydrogen-bond acceptors (Lipinski definition) is 3. The lowest BCUT2D eigenvalue weighted by atomic mass is 9.88. The lowest BCUT2D eigenvalue weighted by Crippen LogP contribution is -2.34. The van der Waals surface area contributed by atoms with Gasteiger partial charge in [-0.1, -0.05) is 13.0 Å². The standard InChI is InChI=1S/C11H22O3/c1-3-5-6-7-14-10-11(4-2,8-12)9-13/h3,12-13H,1,4-10H2,2H3. The van der Waals surface area contributed by atoms with Crippen molar-refractivity contribution < 1.29 is 14.9 Å². The molecular formula is C11H22O3. The molecule has 0 saturated carbocycles. The molecule has 0 aromatic rings. The summed E-state index contributed by atoms with van der Waals surface area (Å²) in [6.45, 7) is 6.60. The fourth-order valence-electron chi connectivity index (χ4n) is 1.09. The molecule has 0 aliphatic heterocycles. The molecule has 0 aromatic carbocycles. The maximum Gasteiger partial charge on any atom is 0.0566 e. The third kappa shape index (κ3) is 4.74. The van der Waals surface area contributed by atoms with Crippen LogP contribution in [0.25, 0.3) is 0 Å². The summed E-state index contributed by atoms with van der Waals surface area (Å²) in [7, 11) is 0. The number of aliphatic hydroxyl groups is 2. The third-order valence-corrected chi connectivity index (χ3v) is 2.53. The Labute approximate surface area is 86.4 Å². The van der Waals surface area contributed by atoms with E-state index in [9.17, 15) is 0 Å². The van der Waals surface area contributed by atoms with E-state index in [1.807, 2.05) is 13.0 Å². The maximum absolute atomic E-state index is 9.12. The quantitative estimate of drug-likeness (QED) is 0.438. The first-order valence-corrected chi connectivity index (χ1v) is 5.15. The second kappa shape index (κ2) is 7.97. The highest BCUT2D eigenvalue weighted by atomic mass is 16.5. The van der Waals surface area contributed by atoms with Crippen LogP contribution in [0, 0.1) is 5.41 Å². The minimum absolute atomic E-state index is 0.0263. The van der Waals surface area contributed by atoms with Gasteiger partial charge >= 0.3 is 0 Å². The smallest absolute Gasteiger partial charge is 0.0566 e. The van der Waals surface area contributed by atoms with E-state index in [2.05, 4.69) is 6.58 Å². The Morgan fingerprint density at radius 3 is 2.43 bits per heavy atom. The Morgan fingerprint density at radius 1 is 1.36 bits per heavy atom. The van der Waals surface area contributed by atoms with E-state index in [1.165, 1.54) is 0 Å². The van der Waals surface area contributed by atoms with Gasteiger partial charge in [-0.25, -0.2) is 0 Å². The van der Waals surface area contributed by atoms with Crippen molar-refractivity contribution in [3.05, 3.63) is 12.7 Å². The summed E-state index contributed by atoms with van der Waals surface area (Å²) in [6, 6.07) is 0. The summed E-state index contributed by atoms with van der Waals surface area (Å²) in [5.74, 6) is 0. The monoisotopic (exact) mass is 202 g/mol. The first-order chi connectivity index (χ1) is 6.74. The average Bonchev–Trinajstić information content (AvgIpc) is 2.24. The van der Waals surface area contributed by atoms with E-state index in [1.54, 1.807) is 0 Å². The van der Waals surface area contributed by atoms with Crippen molar-refractivity contribution in [3.8, 4) is 0 Å². The molecule has 0 heterocycles. The lowest BCUT2D eigenvalue weighted by molar-refractivity contribution is -0.0301. The molecule has 0 amide bonds. The average molecular weight is 202 g/mol. The molecule has 0 bridgehead atoms. The van der Waals surface area contributed by atoms with Gasteiger partial charge in [0.1, 0.15) is 0 Å². The second-order valence-electron chi connectivity index (χ2n) is 3.65. The normalized spacial score (nSPS) is 11.6. The van der Waals surface area contributed by atoms with Crippen LogP contribution in [0.3, 0.4) is 0 Å². The van der Waals surface area contributed by atoms with E-state index in [4.69, 9.17) is 14.9 Å². The summed E-state index contributed by atoms with van der Waals surface area (Å²) < 4.78 is 5.41. The highest BCUT2D eigenvalue weighted by Crippen LogP contribution is 2.20. The molecule has 0 atom stereocenters. The van der Waals surface area contributed by atoms with Crippen molar-refractivity contribution in [2.24, 2.45) is 5.41 Å². The topological polar surface area (TPSA) is 49.7 Å². The van der Waals surface area contributed by atoms with Crippen LogP contribution in [-0.4, -0.2) is 36.6 Å². The molecule has 0 rings (SSSR count). The first-order valence-electron chi connectivity index (χ1n) is 5.15. The predicted molar refractivity (Wildman–Crippen MR) is 57.1 cm³/mol. The van der Waals surface area contributed by atoms with Gasteiger partial charge in [-0.05, 0) is 19.3 Å². The van der Waals surface area contributed by atoms with Crippen LogP contribution in [0.15, 0.2) is 12.7 Å². The number of hydrogen-bond donors (Lipinski definition) is 2. The SMILES string of the molecule is C=CCCCOCC(CC)(CO)CO. The van der Waals surface area contributed by atoms with E-state index in [-0.39, 0.29) is 13.2 Å². The summed E-state index contributed by atoms with van der Waals surface area (Å²) in [5.41, 5.74) is -0.464. The minimum atomic E-state index is -0.464. The Balaban J connectivity index is 3.65. The Morgan fingerprint density at radius 2 is 2.00 bits per heavy atom. The zero-order chi connectivity index (χ0) is 10.9. The van der Waals surface area contributed by atoms with Crippen LogP contribution in [0.1, 0.15) is 26.2 Å². The van der Waals surface area contributed by atoms with Gasteiger partial charge in [0.25, 0.3) is 0 Å². The van der Waals surface area contributed by atoms with Crippen LogP contribution in [-0.2, 0) is 4.74 Å². The molecule has 84 valence electrons. The first kappa shape index (κ1) is 13.6. The second-order valence-corrected chi connectivity index (χ2v) is 3.65. The Hall–Kier alpha value is -0.380. The van der Waals surface area contributed by atoms with Crippen molar-refractivity contribution in [1.82, 2.24) is 0 Å². The van der Waals surface area contributed by atoms with Crippen LogP contribution in [0.5, 0.6) is 0 Å². The molecule has 0 radical (unpaired) electrons. The number of ether oxygens (including phenoxy) is 1. The molecule has 0 unspecified atom stereocenters. The lowest BCUT2D eigenvalue weighted by Gasteiger charge is -2.27. The van der Waals surface area contributed by atoms with Gasteiger partial charge < -0.3 is 14.9 Å². The summed E-state index contributed by atoms with van der Waals surface area (Å²) >= 11 is 0. The summed E-state index contributed by atoms with van der Waals surface area (Å²) in [4.78, 5) is 0. The number of allylic oxidation sites excluding steroid dienone is 1. The fourth-order valence-corrected chi connectivity index (χ4v) is 1.09. The van der Waals surface area contributed by atoms with Gasteiger partial charge in [0.05, 0.1) is 19.8 Å². The fraction of sp³-hybridized carbons (Fsp3) is 0.818. The van der Waals surface area contributed by atoms with Crippen molar-refractivity contribution in [1.29, 1.82) is 0 Å². The molecule has 0 aliphatic carbocycles. The molecule has 0 aromatic heterocycles. The van der Waals surface area contributed by atoms with Gasteiger partial charge in [0, 0.05) is 12.0 Å².